The van der Waals surface area contributed by atoms with Gasteiger partial charge in [0.25, 0.3) is 11.8 Å². The molecule has 11 nitrogen and oxygen atoms in total. The number of nitrogens with one attached hydrogen (secondary N) is 3. The number of ether oxygens (including phenoxy) is 3. The zero-order valence-electron chi connectivity index (χ0n) is 23.8. The number of carbonyl (C=O) groups is 3. The van der Waals surface area contributed by atoms with Gasteiger partial charge in [0, 0.05) is 27.8 Å². The lowest BCUT2D eigenvalue weighted by molar-refractivity contribution is -0.114. The van der Waals surface area contributed by atoms with E-state index >= 15 is 0 Å². The highest BCUT2D eigenvalue weighted by atomic mass is 32.2. The SMILES string of the molecule is COc1cc(OC)c(OC)cc1/C=C(\NC(=O)c1ccccc1)C(=O)Nc1ccc(SCC(=O)Nc2nnc(C)s2)cc1. The van der Waals surface area contributed by atoms with Gasteiger partial charge in [-0.1, -0.05) is 29.5 Å². The summed E-state index contributed by atoms with van der Waals surface area (Å²) >= 11 is 2.64. The van der Waals surface area contributed by atoms with Crippen LogP contribution in [-0.4, -0.2) is 55.0 Å². The number of hydrogen-bond acceptors (Lipinski definition) is 10. The molecule has 0 atom stereocenters. The van der Waals surface area contributed by atoms with Crippen molar-refractivity contribution in [3.8, 4) is 17.2 Å². The van der Waals surface area contributed by atoms with Crippen LogP contribution >= 0.6 is 23.1 Å². The van der Waals surface area contributed by atoms with Crippen molar-refractivity contribution in [1.82, 2.24) is 15.5 Å². The maximum Gasteiger partial charge on any atom is 0.272 e. The summed E-state index contributed by atoms with van der Waals surface area (Å²) in [4.78, 5) is 39.5. The Morgan fingerprint density at radius 3 is 2.16 bits per heavy atom. The van der Waals surface area contributed by atoms with Gasteiger partial charge in [0.2, 0.25) is 11.0 Å². The Balaban J connectivity index is 1.51. The van der Waals surface area contributed by atoms with Gasteiger partial charge in [-0.25, -0.2) is 0 Å². The average molecular weight is 620 g/mol. The minimum atomic E-state index is -0.562. The van der Waals surface area contributed by atoms with Crippen LogP contribution in [-0.2, 0) is 9.59 Å². The molecule has 222 valence electrons. The van der Waals surface area contributed by atoms with Gasteiger partial charge in [-0.15, -0.1) is 22.0 Å². The first-order valence-corrected chi connectivity index (χ1v) is 14.6. The number of carbonyl (C=O) groups excluding carboxylic acids is 3. The van der Waals surface area contributed by atoms with Crippen LogP contribution in [0.15, 0.2) is 77.3 Å². The highest BCUT2D eigenvalue weighted by molar-refractivity contribution is 8.00. The van der Waals surface area contributed by atoms with Gasteiger partial charge in [0.15, 0.2) is 11.5 Å². The van der Waals surface area contributed by atoms with E-state index in [4.69, 9.17) is 14.2 Å². The molecule has 4 rings (SSSR count). The molecule has 0 bridgehead atoms. The second-order valence-corrected chi connectivity index (χ2v) is 11.0. The lowest BCUT2D eigenvalue weighted by Gasteiger charge is -2.15. The van der Waals surface area contributed by atoms with Gasteiger partial charge in [-0.2, -0.15) is 0 Å². The van der Waals surface area contributed by atoms with E-state index in [-0.39, 0.29) is 17.4 Å². The Labute approximate surface area is 256 Å². The predicted octanol–water partition coefficient (Wildman–Crippen LogP) is 5.01. The zero-order chi connectivity index (χ0) is 30.8. The molecule has 4 aromatic rings. The minimum absolute atomic E-state index is 0.0265. The summed E-state index contributed by atoms with van der Waals surface area (Å²) < 4.78 is 16.3. The van der Waals surface area contributed by atoms with Crippen molar-refractivity contribution in [2.45, 2.75) is 11.8 Å². The normalized spacial score (nSPS) is 10.9. The van der Waals surface area contributed by atoms with Crippen molar-refractivity contribution < 1.29 is 28.6 Å². The lowest BCUT2D eigenvalue weighted by Crippen LogP contribution is -2.30. The van der Waals surface area contributed by atoms with Crippen molar-refractivity contribution in [1.29, 1.82) is 0 Å². The fourth-order valence-electron chi connectivity index (χ4n) is 3.75. The number of thioether (sulfide) groups is 1. The first-order chi connectivity index (χ1) is 20.8. The van der Waals surface area contributed by atoms with Crippen molar-refractivity contribution in [3.63, 3.8) is 0 Å². The van der Waals surface area contributed by atoms with Crippen LogP contribution in [0.4, 0.5) is 10.8 Å². The molecule has 0 radical (unpaired) electrons. The Hall–Kier alpha value is -4.88. The Morgan fingerprint density at radius 2 is 1.53 bits per heavy atom. The van der Waals surface area contributed by atoms with Gasteiger partial charge in [0.1, 0.15) is 16.5 Å². The quantitative estimate of drug-likeness (QED) is 0.147. The van der Waals surface area contributed by atoms with Crippen LogP contribution in [0.25, 0.3) is 6.08 Å². The van der Waals surface area contributed by atoms with Crippen LogP contribution in [0.5, 0.6) is 17.2 Å². The molecular weight excluding hydrogens is 590 g/mol. The van der Waals surface area contributed by atoms with Crippen LogP contribution < -0.4 is 30.2 Å². The second kappa shape index (κ2) is 14.8. The van der Waals surface area contributed by atoms with Gasteiger partial charge in [0.05, 0.1) is 27.1 Å². The molecule has 13 heteroatoms. The number of aromatic nitrogens is 2. The molecule has 3 amide bonds. The number of amides is 3. The molecule has 0 unspecified atom stereocenters. The Morgan fingerprint density at radius 1 is 0.860 bits per heavy atom. The van der Waals surface area contributed by atoms with Crippen molar-refractivity contribution in [2.75, 3.05) is 37.7 Å². The van der Waals surface area contributed by atoms with E-state index < -0.39 is 11.8 Å². The van der Waals surface area contributed by atoms with Gasteiger partial charge >= 0.3 is 0 Å². The van der Waals surface area contributed by atoms with Crippen LogP contribution in [0.3, 0.4) is 0 Å². The smallest absolute Gasteiger partial charge is 0.272 e. The summed E-state index contributed by atoms with van der Waals surface area (Å²) in [7, 11) is 4.49. The molecule has 0 saturated heterocycles. The van der Waals surface area contributed by atoms with E-state index in [0.29, 0.717) is 39.2 Å². The monoisotopic (exact) mass is 619 g/mol. The average Bonchev–Trinajstić information content (AvgIpc) is 3.44. The van der Waals surface area contributed by atoms with E-state index in [2.05, 4.69) is 26.1 Å². The third-order valence-corrected chi connectivity index (χ3v) is 7.59. The summed E-state index contributed by atoms with van der Waals surface area (Å²) in [6, 6.07) is 18.8. The van der Waals surface area contributed by atoms with Crippen LogP contribution in [0.2, 0.25) is 0 Å². The number of nitrogens with zero attached hydrogens (tertiary/aromatic N) is 2. The summed E-state index contributed by atoms with van der Waals surface area (Å²) in [5.41, 5.74) is 1.32. The maximum atomic E-state index is 13.5. The fraction of sp³-hybridized carbons (Fsp3) is 0.167. The first kappa shape index (κ1) is 31.1. The summed E-state index contributed by atoms with van der Waals surface area (Å²) in [5, 5.41) is 17.2. The molecular formula is C30H29N5O6S2. The lowest BCUT2D eigenvalue weighted by atomic mass is 10.1. The number of hydrogen-bond donors (Lipinski definition) is 3. The van der Waals surface area contributed by atoms with E-state index in [1.165, 1.54) is 50.5 Å². The Kier molecular flexibility index (Phi) is 10.7. The molecule has 0 spiro atoms. The fourth-order valence-corrected chi connectivity index (χ4v) is 5.05. The molecule has 0 saturated carbocycles. The van der Waals surface area contributed by atoms with Crippen LogP contribution in [0, 0.1) is 6.92 Å². The molecule has 0 fully saturated rings. The van der Waals surface area contributed by atoms with Crippen molar-refractivity contribution >= 4 is 57.7 Å². The number of methoxy groups -OCH3 is 3. The van der Waals surface area contributed by atoms with Gasteiger partial charge in [-0.3, -0.25) is 19.7 Å². The largest absolute Gasteiger partial charge is 0.496 e. The summed E-state index contributed by atoms with van der Waals surface area (Å²) in [6.07, 6.45) is 1.50. The zero-order valence-corrected chi connectivity index (χ0v) is 25.4. The molecule has 43 heavy (non-hydrogen) atoms. The molecule has 3 aromatic carbocycles. The predicted molar refractivity (Wildman–Crippen MR) is 167 cm³/mol. The minimum Gasteiger partial charge on any atom is -0.496 e. The third kappa shape index (κ3) is 8.56. The van der Waals surface area contributed by atoms with E-state index in [1.54, 1.807) is 66.7 Å². The first-order valence-electron chi connectivity index (χ1n) is 12.8. The highest BCUT2D eigenvalue weighted by Crippen LogP contribution is 2.35. The molecule has 0 aliphatic heterocycles. The molecule has 1 aromatic heterocycles. The highest BCUT2D eigenvalue weighted by Gasteiger charge is 2.18. The van der Waals surface area contributed by atoms with Crippen LogP contribution in [0.1, 0.15) is 20.9 Å². The summed E-state index contributed by atoms with van der Waals surface area (Å²) in [5.74, 6) is 0.223. The Bertz CT molecular complexity index is 1620. The number of anilines is 2. The molecule has 0 aliphatic carbocycles. The van der Waals surface area contributed by atoms with E-state index in [9.17, 15) is 14.4 Å². The summed E-state index contributed by atoms with van der Waals surface area (Å²) in [6.45, 7) is 1.81. The molecule has 3 N–H and O–H groups in total. The van der Waals surface area contributed by atoms with Gasteiger partial charge < -0.3 is 24.8 Å². The number of rotatable bonds is 12. The third-order valence-electron chi connectivity index (χ3n) is 5.82. The van der Waals surface area contributed by atoms with E-state index in [0.717, 1.165) is 9.90 Å². The number of aryl methyl sites for hydroxylation is 1. The second-order valence-electron chi connectivity index (χ2n) is 8.77. The molecule has 1 heterocycles. The van der Waals surface area contributed by atoms with E-state index in [1.807, 2.05) is 6.92 Å². The number of benzene rings is 3. The van der Waals surface area contributed by atoms with Crippen molar-refractivity contribution in [3.05, 3.63) is 88.6 Å². The maximum absolute atomic E-state index is 13.5. The molecule has 0 aliphatic rings. The standard InChI is InChI=1S/C30H29N5O6S2/c1-18-34-35-30(43-18)33-27(36)17-42-22-12-10-21(11-13-22)31-29(38)23(32-28(37)19-8-6-5-7-9-19)14-20-15-25(40-3)26(41-4)16-24(20)39-2/h5-16H,17H2,1-4H3,(H,31,38)(H,32,37)(H,33,35,36)/b23-14-. The topological polar surface area (TPSA) is 141 Å². The van der Waals surface area contributed by atoms with Crippen molar-refractivity contribution in [2.24, 2.45) is 0 Å². The van der Waals surface area contributed by atoms with Gasteiger partial charge in [-0.05, 0) is 55.5 Å².